The van der Waals surface area contributed by atoms with Crippen molar-refractivity contribution in [2.24, 2.45) is 0 Å². The number of aromatic nitrogens is 1. The molecule has 0 atom stereocenters. The number of nitrogens with zero attached hydrogens (tertiary/aromatic N) is 2. The highest BCUT2D eigenvalue weighted by atomic mass is 79.9. The Hall–Kier alpha value is -0.630. The van der Waals surface area contributed by atoms with E-state index in [4.69, 9.17) is 0 Å². The molecule has 0 amide bonds. The van der Waals surface area contributed by atoms with Crippen LogP contribution in [0, 0.1) is 10.1 Å². The maximum atomic E-state index is 12.6. The third-order valence-corrected chi connectivity index (χ3v) is 2.56. The van der Waals surface area contributed by atoms with Crippen LogP contribution in [0.3, 0.4) is 0 Å². The molecule has 1 aromatic heterocycles. The van der Waals surface area contributed by atoms with E-state index in [0.717, 1.165) is 6.07 Å². The van der Waals surface area contributed by atoms with Crippen molar-refractivity contribution >= 4 is 37.5 Å². The van der Waals surface area contributed by atoms with Crippen LogP contribution in [0.2, 0.25) is 0 Å². The van der Waals surface area contributed by atoms with E-state index in [-0.39, 0.29) is 15.6 Å². The molecule has 1 heterocycles. The van der Waals surface area contributed by atoms with E-state index in [0.29, 0.717) is 0 Å². The second kappa shape index (κ2) is 4.93. The average Bonchev–Trinajstić information content (AvgIpc) is 2.15. The zero-order valence-electron chi connectivity index (χ0n) is 7.08. The number of halogens is 4. The van der Waals surface area contributed by atoms with Crippen LogP contribution in [0.4, 0.5) is 14.5 Å². The minimum atomic E-state index is -2.92. The molecule has 0 aliphatic rings. The summed E-state index contributed by atoms with van der Waals surface area (Å²) in [6.07, 6.45) is -2.92. The second-order valence-electron chi connectivity index (χ2n) is 2.52. The lowest BCUT2D eigenvalue weighted by Crippen LogP contribution is -2.03. The molecule has 0 saturated heterocycles. The van der Waals surface area contributed by atoms with Gasteiger partial charge >= 0.3 is 0 Å². The Bertz CT molecular complexity index is 401. The van der Waals surface area contributed by atoms with Crippen LogP contribution >= 0.6 is 31.9 Å². The van der Waals surface area contributed by atoms with Crippen LogP contribution in [0.25, 0.3) is 0 Å². The normalized spacial score (nSPS) is 10.7. The summed E-state index contributed by atoms with van der Waals surface area (Å²) in [7, 11) is 0. The first kappa shape index (κ1) is 12.4. The molecule has 0 saturated carbocycles. The van der Waals surface area contributed by atoms with E-state index in [1.165, 1.54) is 0 Å². The first-order chi connectivity index (χ1) is 6.97. The van der Waals surface area contributed by atoms with Crippen LogP contribution in [-0.4, -0.2) is 9.91 Å². The highest BCUT2D eigenvalue weighted by Gasteiger charge is 2.26. The molecule has 8 heteroatoms. The zero-order chi connectivity index (χ0) is 11.6. The lowest BCUT2D eigenvalue weighted by Gasteiger charge is -2.06. The van der Waals surface area contributed by atoms with Gasteiger partial charge in [0.15, 0.2) is 0 Å². The summed E-state index contributed by atoms with van der Waals surface area (Å²) in [5.41, 5.74) is -1.30. The fourth-order valence-corrected chi connectivity index (χ4v) is 1.91. The number of pyridine rings is 1. The monoisotopic (exact) mass is 344 g/mol. The topological polar surface area (TPSA) is 56.0 Å². The van der Waals surface area contributed by atoms with Gasteiger partial charge in [0.1, 0.15) is 10.2 Å². The van der Waals surface area contributed by atoms with Crippen molar-refractivity contribution in [3.05, 3.63) is 32.0 Å². The number of alkyl halides is 3. The van der Waals surface area contributed by atoms with Crippen molar-refractivity contribution < 1.29 is 13.7 Å². The van der Waals surface area contributed by atoms with Crippen molar-refractivity contribution in [3.63, 3.8) is 0 Å². The molecule has 0 N–H and O–H groups in total. The third-order valence-electron chi connectivity index (χ3n) is 1.63. The van der Waals surface area contributed by atoms with Crippen LogP contribution in [0.1, 0.15) is 17.7 Å². The number of rotatable bonds is 3. The fourth-order valence-electron chi connectivity index (χ4n) is 1.05. The van der Waals surface area contributed by atoms with E-state index >= 15 is 0 Å². The van der Waals surface area contributed by atoms with Gasteiger partial charge in [-0.25, -0.2) is 13.8 Å². The summed E-state index contributed by atoms with van der Waals surface area (Å²) in [5.74, 6) is 0. The van der Waals surface area contributed by atoms with Crippen molar-refractivity contribution in [2.45, 2.75) is 11.8 Å². The van der Waals surface area contributed by atoms with Gasteiger partial charge in [-0.1, -0.05) is 15.9 Å². The molecular weight excluding hydrogens is 342 g/mol. The first-order valence-corrected chi connectivity index (χ1v) is 5.56. The molecule has 0 aliphatic carbocycles. The average molecular weight is 346 g/mol. The summed E-state index contributed by atoms with van der Waals surface area (Å²) in [4.78, 5) is 13.4. The third kappa shape index (κ3) is 2.69. The van der Waals surface area contributed by atoms with Crippen molar-refractivity contribution in [3.8, 4) is 0 Å². The maximum Gasteiger partial charge on any atom is 0.282 e. The van der Waals surface area contributed by atoms with Crippen molar-refractivity contribution in [2.75, 3.05) is 0 Å². The van der Waals surface area contributed by atoms with E-state index in [2.05, 4.69) is 36.8 Å². The van der Waals surface area contributed by atoms with Crippen LogP contribution in [0.15, 0.2) is 10.7 Å². The van der Waals surface area contributed by atoms with Crippen LogP contribution < -0.4 is 0 Å². The number of hydrogen-bond acceptors (Lipinski definition) is 3. The Kier molecular flexibility index (Phi) is 4.09. The minimum Gasteiger partial charge on any atom is -0.258 e. The predicted octanol–water partition coefficient (Wildman–Crippen LogP) is 3.58. The lowest BCUT2D eigenvalue weighted by molar-refractivity contribution is -0.386. The molecule has 1 rings (SSSR count). The molecule has 0 bridgehead atoms. The van der Waals surface area contributed by atoms with Gasteiger partial charge in [0.25, 0.3) is 12.1 Å². The molecule has 0 aliphatic heterocycles. The Balaban J connectivity index is 3.47. The first-order valence-electron chi connectivity index (χ1n) is 3.65. The van der Waals surface area contributed by atoms with E-state index in [1.807, 2.05) is 0 Å². The van der Waals surface area contributed by atoms with Gasteiger partial charge in [0, 0.05) is 11.4 Å². The molecule has 0 spiro atoms. The Labute approximate surface area is 100 Å². The van der Waals surface area contributed by atoms with Crippen molar-refractivity contribution in [1.82, 2.24) is 4.98 Å². The highest BCUT2D eigenvalue weighted by Crippen LogP contribution is 2.33. The van der Waals surface area contributed by atoms with Gasteiger partial charge < -0.3 is 0 Å². The largest absolute Gasteiger partial charge is 0.282 e. The summed E-state index contributed by atoms with van der Waals surface area (Å²) in [6, 6.07) is 0.966. The molecule has 15 heavy (non-hydrogen) atoms. The lowest BCUT2D eigenvalue weighted by atomic mass is 10.2. The highest BCUT2D eigenvalue weighted by molar-refractivity contribution is 9.10. The molecule has 0 fully saturated rings. The smallest absolute Gasteiger partial charge is 0.258 e. The maximum absolute atomic E-state index is 12.6. The van der Waals surface area contributed by atoms with Gasteiger partial charge in [0.2, 0.25) is 0 Å². The quantitative estimate of drug-likeness (QED) is 0.364. The van der Waals surface area contributed by atoms with E-state index in [9.17, 15) is 18.9 Å². The van der Waals surface area contributed by atoms with Gasteiger partial charge in [-0.15, -0.1) is 0 Å². The zero-order valence-corrected chi connectivity index (χ0v) is 10.3. The van der Waals surface area contributed by atoms with Gasteiger partial charge in [0.05, 0.1) is 10.6 Å². The van der Waals surface area contributed by atoms with Gasteiger partial charge in [-0.3, -0.25) is 10.1 Å². The molecule has 0 unspecified atom stereocenters. The molecule has 4 nitrogen and oxygen atoms in total. The molecule has 1 aromatic rings. The van der Waals surface area contributed by atoms with Crippen LogP contribution in [0.5, 0.6) is 0 Å². The van der Waals surface area contributed by atoms with Gasteiger partial charge in [-0.05, 0) is 15.9 Å². The van der Waals surface area contributed by atoms with E-state index < -0.39 is 22.6 Å². The fraction of sp³-hybridized carbons (Fsp3) is 0.286. The Morgan fingerprint density at radius 1 is 1.60 bits per heavy atom. The number of nitro groups is 1. The minimum absolute atomic E-state index is 0.0347. The second-order valence-corrected chi connectivity index (χ2v) is 3.89. The summed E-state index contributed by atoms with van der Waals surface area (Å²) in [6.45, 7) is 0. The Morgan fingerprint density at radius 3 is 2.60 bits per heavy atom. The molecule has 0 radical (unpaired) electrons. The summed E-state index contributed by atoms with van der Waals surface area (Å²) >= 11 is 5.88. The molecule has 0 aromatic carbocycles. The summed E-state index contributed by atoms with van der Waals surface area (Å²) in [5, 5.41) is 10.6. The standard InChI is InChI=1S/C7H4Br2F2N2O2/c8-2-3-6(7(10)11)4(13(14)15)1-5(9)12-3/h1,7H,2H2. The Morgan fingerprint density at radius 2 is 2.20 bits per heavy atom. The summed E-state index contributed by atoms with van der Waals surface area (Å²) < 4.78 is 25.3. The van der Waals surface area contributed by atoms with Crippen molar-refractivity contribution in [1.29, 1.82) is 0 Å². The van der Waals surface area contributed by atoms with Gasteiger partial charge in [-0.2, -0.15) is 0 Å². The SMILES string of the molecule is O=[N+]([O-])c1cc(Br)nc(CBr)c1C(F)F. The van der Waals surface area contributed by atoms with E-state index in [1.54, 1.807) is 0 Å². The number of hydrogen-bond donors (Lipinski definition) is 0. The van der Waals surface area contributed by atoms with Crippen LogP contribution in [-0.2, 0) is 5.33 Å². The molecule has 82 valence electrons. The predicted molar refractivity (Wildman–Crippen MR) is 56.2 cm³/mol. The molecular formula is C7H4Br2F2N2O2.